The lowest BCUT2D eigenvalue weighted by atomic mass is 10.1. The van der Waals surface area contributed by atoms with E-state index in [4.69, 9.17) is 28.9 Å². The van der Waals surface area contributed by atoms with Crippen LogP contribution in [0.2, 0.25) is 10.0 Å². The monoisotopic (exact) mass is 326 g/mol. The number of nitrogens with zero attached hydrogens (tertiary/aromatic N) is 1. The Labute approximate surface area is 132 Å². The molecule has 0 radical (unpaired) electrons. The molecule has 0 saturated heterocycles. The van der Waals surface area contributed by atoms with Gasteiger partial charge < -0.3 is 10.6 Å². The molecular weight excluding hydrogens is 314 g/mol. The summed E-state index contributed by atoms with van der Waals surface area (Å²) in [6.07, 6.45) is 0. The molecule has 0 saturated carbocycles. The van der Waals surface area contributed by atoms with Crippen molar-refractivity contribution in [2.45, 2.75) is 6.54 Å². The van der Waals surface area contributed by atoms with Crippen LogP contribution in [-0.4, -0.2) is 17.9 Å². The second-order valence-corrected chi connectivity index (χ2v) is 5.44. The predicted molar refractivity (Wildman–Crippen MR) is 83.1 cm³/mol. The second-order valence-electron chi connectivity index (χ2n) is 4.65. The summed E-state index contributed by atoms with van der Waals surface area (Å²) in [6, 6.07) is 9.01. The number of anilines is 1. The summed E-state index contributed by atoms with van der Waals surface area (Å²) >= 11 is 11.8. The number of halogens is 3. The number of rotatable bonds is 3. The first-order chi connectivity index (χ1) is 9.88. The van der Waals surface area contributed by atoms with Crippen LogP contribution in [0.15, 0.2) is 36.4 Å². The zero-order valence-electron chi connectivity index (χ0n) is 11.2. The molecule has 0 atom stereocenters. The van der Waals surface area contributed by atoms with Gasteiger partial charge in [0.2, 0.25) is 0 Å². The molecule has 0 aliphatic heterocycles. The van der Waals surface area contributed by atoms with Gasteiger partial charge in [-0.05, 0) is 29.8 Å². The molecule has 0 aliphatic carbocycles. The first-order valence-corrected chi connectivity index (χ1v) is 6.88. The molecule has 2 aromatic rings. The summed E-state index contributed by atoms with van der Waals surface area (Å²) in [5.41, 5.74) is 6.96. The number of amides is 1. The number of nitrogen functional groups attached to an aromatic ring is 1. The fourth-order valence-corrected chi connectivity index (χ4v) is 2.27. The Hall–Kier alpha value is -1.78. The van der Waals surface area contributed by atoms with Gasteiger partial charge in [0.1, 0.15) is 5.82 Å². The molecule has 6 heteroatoms. The smallest absolute Gasteiger partial charge is 0.254 e. The third-order valence-corrected chi connectivity index (χ3v) is 3.78. The van der Waals surface area contributed by atoms with E-state index in [1.54, 1.807) is 19.2 Å². The highest BCUT2D eigenvalue weighted by molar-refractivity contribution is 6.43. The van der Waals surface area contributed by atoms with E-state index in [-0.39, 0.29) is 34.0 Å². The molecule has 2 aromatic carbocycles. The van der Waals surface area contributed by atoms with Crippen molar-refractivity contribution >= 4 is 34.8 Å². The van der Waals surface area contributed by atoms with Crippen LogP contribution in [0.4, 0.5) is 10.1 Å². The molecule has 0 bridgehead atoms. The standard InChI is InChI=1S/C15H13Cl2FN2O/c1-20(8-9-3-2-4-11(18)5-9)15(21)10-6-12(16)14(17)13(19)7-10/h2-7H,8,19H2,1H3. The number of benzene rings is 2. The Morgan fingerprint density at radius 3 is 2.62 bits per heavy atom. The molecule has 0 spiro atoms. The molecule has 1 amide bonds. The summed E-state index contributed by atoms with van der Waals surface area (Å²) in [5, 5.41) is 0.445. The third-order valence-electron chi connectivity index (χ3n) is 2.96. The molecule has 0 unspecified atom stereocenters. The quantitative estimate of drug-likeness (QED) is 0.867. The van der Waals surface area contributed by atoms with Crippen molar-refractivity contribution in [3.8, 4) is 0 Å². The Bertz CT molecular complexity index is 668. The van der Waals surface area contributed by atoms with Crippen molar-refractivity contribution in [2.24, 2.45) is 0 Å². The first kappa shape index (κ1) is 15.6. The minimum Gasteiger partial charge on any atom is -0.397 e. The largest absolute Gasteiger partial charge is 0.397 e. The lowest BCUT2D eigenvalue weighted by Crippen LogP contribution is -2.26. The van der Waals surface area contributed by atoms with Crippen molar-refractivity contribution in [1.29, 1.82) is 0 Å². The summed E-state index contributed by atoms with van der Waals surface area (Å²) < 4.78 is 13.1. The molecule has 0 heterocycles. The van der Waals surface area contributed by atoms with Gasteiger partial charge in [0, 0.05) is 19.2 Å². The molecule has 2 N–H and O–H groups in total. The summed E-state index contributed by atoms with van der Waals surface area (Å²) in [4.78, 5) is 13.8. The fourth-order valence-electron chi connectivity index (χ4n) is 1.94. The number of hydrogen-bond acceptors (Lipinski definition) is 2. The van der Waals surface area contributed by atoms with Crippen LogP contribution >= 0.6 is 23.2 Å². The Kier molecular flexibility index (Phi) is 4.70. The van der Waals surface area contributed by atoms with Gasteiger partial charge in [0.15, 0.2) is 0 Å². The van der Waals surface area contributed by atoms with Gasteiger partial charge in [0.05, 0.1) is 15.7 Å². The van der Waals surface area contributed by atoms with Gasteiger partial charge in [-0.15, -0.1) is 0 Å². The molecule has 21 heavy (non-hydrogen) atoms. The van der Waals surface area contributed by atoms with Gasteiger partial charge in [-0.1, -0.05) is 35.3 Å². The SMILES string of the molecule is CN(Cc1cccc(F)c1)C(=O)c1cc(N)c(Cl)c(Cl)c1. The van der Waals surface area contributed by atoms with Crippen molar-refractivity contribution in [3.05, 3.63) is 63.4 Å². The number of carbonyl (C=O) groups excluding carboxylic acids is 1. The van der Waals surface area contributed by atoms with Gasteiger partial charge in [-0.2, -0.15) is 0 Å². The van der Waals surface area contributed by atoms with E-state index in [0.717, 1.165) is 0 Å². The zero-order valence-corrected chi connectivity index (χ0v) is 12.7. The van der Waals surface area contributed by atoms with Crippen LogP contribution in [0.3, 0.4) is 0 Å². The summed E-state index contributed by atoms with van der Waals surface area (Å²) in [6.45, 7) is 0.275. The van der Waals surface area contributed by atoms with E-state index in [1.165, 1.54) is 29.2 Å². The molecular formula is C15H13Cl2FN2O. The number of nitrogens with two attached hydrogens (primary N) is 1. The Morgan fingerprint density at radius 2 is 2.00 bits per heavy atom. The van der Waals surface area contributed by atoms with Crippen molar-refractivity contribution < 1.29 is 9.18 Å². The van der Waals surface area contributed by atoms with Crippen LogP contribution in [0.5, 0.6) is 0 Å². The van der Waals surface area contributed by atoms with Crippen LogP contribution in [0, 0.1) is 5.82 Å². The van der Waals surface area contributed by atoms with E-state index in [0.29, 0.717) is 11.1 Å². The normalized spacial score (nSPS) is 10.5. The van der Waals surface area contributed by atoms with Gasteiger partial charge in [0.25, 0.3) is 5.91 Å². The lowest BCUT2D eigenvalue weighted by Gasteiger charge is -2.18. The third kappa shape index (κ3) is 3.65. The van der Waals surface area contributed by atoms with E-state index in [9.17, 15) is 9.18 Å². The van der Waals surface area contributed by atoms with Crippen molar-refractivity contribution in [2.75, 3.05) is 12.8 Å². The molecule has 0 aromatic heterocycles. The Balaban J connectivity index is 2.20. The fraction of sp³-hybridized carbons (Fsp3) is 0.133. The summed E-state index contributed by atoms with van der Waals surface area (Å²) in [7, 11) is 1.62. The Morgan fingerprint density at radius 1 is 1.29 bits per heavy atom. The van der Waals surface area contributed by atoms with Crippen LogP contribution in [0.1, 0.15) is 15.9 Å². The van der Waals surface area contributed by atoms with E-state index >= 15 is 0 Å². The highest BCUT2D eigenvalue weighted by Crippen LogP contribution is 2.29. The van der Waals surface area contributed by atoms with E-state index in [1.807, 2.05) is 0 Å². The number of hydrogen-bond donors (Lipinski definition) is 1. The maximum Gasteiger partial charge on any atom is 0.254 e. The lowest BCUT2D eigenvalue weighted by molar-refractivity contribution is 0.0785. The molecule has 110 valence electrons. The topological polar surface area (TPSA) is 46.3 Å². The first-order valence-electron chi connectivity index (χ1n) is 6.13. The van der Waals surface area contributed by atoms with E-state index < -0.39 is 0 Å². The van der Waals surface area contributed by atoms with Crippen molar-refractivity contribution in [3.63, 3.8) is 0 Å². The number of carbonyl (C=O) groups is 1. The molecule has 0 fully saturated rings. The maximum absolute atomic E-state index is 13.1. The predicted octanol–water partition coefficient (Wildman–Crippen LogP) is 3.99. The highest BCUT2D eigenvalue weighted by Gasteiger charge is 2.15. The highest BCUT2D eigenvalue weighted by atomic mass is 35.5. The van der Waals surface area contributed by atoms with E-state index in [2.05, 4.69) is 0 Å². The minimum atomic E-state index is -0.341. The van der Waals surface area contributed by atoms with Crippen molar-refractivity contribution in [1.82, 2.24) is 4.90 Å². The zero-order chi connectivity index (χ0) is 15.6. The summed E-state index contributed by atoms with van der Waals surface area (Å²) in [5.74, 6) is -0.614. The van der Waals surface area contributed by atoms with Crippen LogP contribution < -0.4 is 5.73 Å². The van der Waals surface area contributed by atoms with Gasteiger partial charge in [-0.25, -0.2) is 4.39 Å². The average molecular weight is 327 g/mol. The molecule has 0 aliphatic rings. The molecule has 2 rings (SSSR count). The van der Waals surface area contributed by atoms with Crippen LogP contribution in [0.25, 0.3) is 0 Å². The maximum atomic E-state index is 13.1. The molecule has 3 nitrogen and oxygen atoms in total. The minimum absolute atomic E-state index is 0.221. The van der Waals surface area contributed by atoms with Gasteiger partial charge in [-0.3, -0.25) is 4.79 Å². The van der Waals surface area contributed by atoms with Gasteiger partial charge >= 0.3 is 0 Å². The second kappa shape index (κ2) is 6.33. The average Bonchev–Trinajstić information content (AvgIpc) is 2.43. The van der Waals surface area contributed by atoms with Crippen LogP contribution in [-0.2, 0) is 6.54 Å².